The number of hydrogen-bond acceptors (Lipinski definition) is 8. The van der Waals surface area contributed by atoms with E-state index in [1.807, 2.05) is 36.6 Å². The number of nitrogen functional groups attached to an aromatic ring is 1. The minimum Gasteiger partial charge on any atom is -0.395 e. The van der Waals surface area contributed by atoms with Crippen LogP contribution >= 0.6 is 22.9 Å². The zero-order chi connectivity index (χ0) is 24.2. The number of rotatable bonds is 8. The number of nitrogens with one attached hydrogen (secondary N) is 1. The highest BCUT2D eigenvalue weighted by molar-refractivity contribution is 7.10. The summed E-state index contributed by atoms with van der Waals surface area (Å²) in [6, 6.07) is 9.95. The molecule has 0 bridgehead atoms. The predicted octanol–water partition coefficient (Wildman–Crippen LogP) is 2.88. The Bertz CT molecular complexity index is 1190. The molecule has 0 aliphatic carbocycles. The first kappa shape index (κ1) is 23.9. The molecule has 1 saturated heterocycles. The van der Waals surface area contributed by atoms with E-state index in [1.54, 1.807) is 12.1 Å². The van der Waals surface area contributed by atoms with Crippen molar-refractivity contribution in [2.75, 3.05) is 23.8 Å². The number of aryl methyl sites for hydroxylation is 1. The van der Waals surface area contributed by atoms with E-state index in [0.717, 1.165) is 29.9 Å². The summed E-state index contributed by atoms with van der Waals surface area (Å²) in [7, 11) is 0. The van der Waals surface area contributed by atoms with E-state index in [9.17, 15) is 14.4 Å². The number of primary amides is 1. The summed E-state index contributed by atoms with van der Waals surface area (Å²) in [5.41, 5.74) is 12.5. The quantitative estimate of drug-likeness (QED) is 0.435. The molecule has 5 N–H and O–H groups in total. The summed E-state index contributed by atoms with van der Waals surface area (Å²) >= 11 is 2.16. The Morgan fingerprint density at radius 3 is 2.68 bits per heavy atom. The van der Waals surface area contributed by atoms with Gasteiger partial charge in [0.15, 0.2) is 11.7 Å². The number of nitrogens with two attached hydrogens (primary N) is 2. The van der Waals surface area contributed by atoms with Crippen molar-refractivity contribution in [3.8, 4) is 0 Å². The number of ether oxygens (including phenoxy) is 1. The van der Waals surface area contributed by atoms with E-state index in [1.165, 1.54) is 16.2 Å². The predicted molar refractivity (Wildman–Crippen MR) is 132 cm³/mol. The summed E-state index contributed by atoms with van der Waals surface area (Å²) in [4.78, 5) is 41.3. The average molecular weight is 500 g/mol. The number of aromatic nitrogens is 1. The van der Waals surface area contributed by atoms with E-state index >= 15 is 0 Å². The number of anilines is 2. The minimum absolute atomic E-state index is 0.0468. The molecule has 3 heterocycles. The number of para-hydroxylation sites is 1. The smallest absolute Gasteiger partial charge is 0.273 e. The van der Waals surface area contributed by atoms with Crippen molar-refractivity contribution < 1.29 is 19.1 Å². The standard InChI is InChI=1S/C23H25N5O4S2/c1-13-6-2-3-8-15(13)28(23(31)20-17(24)18(21(25)29)27-34-20)19(16-9-5-11-33-16)22(30)26-12-14-7-4-10-32-14/h2-3,5-6,8-9,11,14,19H,4,7,10,12,24H2,1H3,(H2,25,29)(H,26,30)/t14-,19+/m0/s1. The van der Waals surface area contributed by atoms with Gasteiger partial charge in [0.25, 0.3) is 11.8 Å². The molecule has 1 fully saturated rings. The molecule has 2 atom stereocenters. The fraction of sp³-hybridized carbons (Fsp3) is 0.304. The molecule has 0 saturated carbocycles. The highest BCUT2D eigenvalue weighted by atomic mass is 32.1. The lowest BCUT2D eigenvalue weighted by atomic mass is 10.1. The van der Waals surface area contributed by atoms with Crippen LogP contribution in [0.3, 0.4) is 0 Å². The summed E-state index contributed by atoms with van der Waals surface area (Å²) in [5, 5.41) is 4.81. The number of amides is 3. The van der Waals surface area contributed by atoms with Crippen LogP contribution < -0.4 is 21.7 Å². The van der Waals surface area contributed by atoms with Crippen LogP contribution in [0.15, 0.2) is 41.8 Å². The zero-order valence-electron chi connectivity index (χ0n) is 18.5. The largest absolute Gasteiger partial charge is 0.395 e. The zero-order valence-corrected chi connectivity index (χ0v) is 20.2. The van der Waals surface area contributed by atoms with E-state index in [4.69, 9.17) is 16.2 Å². The molecular formula is C23H25N5O4S2. The first-order valence-electron chi connectivity index (χ1n) is 10.7. The third-order valence-electron chi connectivity index (χ3n) is 5.60. The van der Waals surface area contributed by atoms with Crippen molar-refractivity contribution in [1.29, 1.82) is 0 Å². The highest BCUT2D eigenvalue weighted by Gasteiger charge is 2.37. The second kappa shape index (κ2) is 10.3. The second-order valence-electron chi connectivity index (χ2n) is 7.90. The van der Waals surface area contributed by atoms with Gasteiger partial charge in [0.1, 0.15) is 4.88 Å². The van der Waals surface area contributed by atoms with Crippen LogP contribution in [0, 0.1) is 6.92 Å². The normalized spacial score (nSPS) is 16.2. The molecule has 4 rings (SSSR count). The summed E-state index contributed by atoms with van der Waals surface area (Å²) < 4.78 is 9.61. The maximum atomic E-state index is 13.9. The molecule has 1 aliphatic heterocycles. The summed E-state index contributed by atoms with van der Waals surface area (Å²) in [5.74, 6) is -1.70. The van der Waals surface area contributed by atoms with Crippen molar-refractivity contribution in [2.24, 2.45) is 5.73 Å². The van der Waals surface area contributed by atoms with Gasteiger partial charge in [-0.3, -0.25) is 19.3 Å². The van der Waals surface area contributed by atoms with Crippen molar-refractivity contribution in [3.05, 3.63) is 62.8 Å². The van der Waals surface area contributed by atoms with E-state index < -0.39 is 17.9 Å². The average Bonchev–Trinajstić information content (AvgIpc) is 3.58. The van der Waals surface area contributed by atoms with E-state index in [-0.39, 0.29) is 28.3 Å². The number of carbonyl (C=O) groups is 3. The lowest BCUT2D eigenvalue weighted by Gasteiger charge is -2.31. The van der Waals surface area contributed by atoms with Gasteiger partial charge in [-0.25, -0.2) is 0 Å². The van der Waals surface area contributed by atoms with Gasteiger partial charge in [-0.05, 0) is 54.4 Å². The SMILES string of the molecule is Cc1ccccc1N(C(=O)c1snc(C(N)=O)c1N)[C@@H](C(=O)NC[C@@H]1CCCO1)c1cccs1. The van der Waals surface area contributed by atoms with Gasteiger partial charge in [-0.2, -0.15) is 4.37 Å². The Morgan fingerprint density at radius 2 is 2.06 bits per heavy atom. The fourth-order valence-corrected chi connectivity index (χ4v) is 5.43. The van der Waals surface area contributed by atoms with Crippen LogP contribution in [0.5, 0.6) is 0 Å². The highest BCUT2D eigenvalue weighted by Crippen LogP contribution is 2.36. The summed E-state index contributed by atoms with van der Waals surface area (Å²) in [6.07, 6.45) is 1.78. The molecule has 0 unspecified atom stereocenters. The third-order valence-corrected chi connectivity index (χ3v) is 7.37. The number of hydrogen-bond donors (Lipinski definition) is 3. The van der Waals surface area contributed by atoms with Crippen LogP contribution in [0.25, 0.3) is 0 Å². The Kier molecular flexibility index (Phi) is 7.25. The first-order chi connectivity index (χ1) is 16.4. The van der Waals surface area contributed by atoms with Crippen LogP contribution in [-0.2, 0) is 9.53 Å². The van der Waals surface area contributed by atoms with Gasteiger partial charge in [0.2, 0.25) is 5.91 Å². The lowest BCUT2D eigenvalue weighted by molar-refractivity contribution is -0.122. The van der Waals surface area contributed by atoms with Crippen LogP contribution in [0.4, 0.5) is 11.4 Å². The molecule has 9 nitrogen and oxygen atoms in total. The lowest BCUT2D eigenvalue weighted by Crippen LogP contribution is -2.45. The summed E-state index contributed by atoms with van der Waals surface area (Å²) in [6.45, 7) is 2.89. The number of carbonyl (C=O) groups excluding carboxylic acids is 3. The van der Waals surface area contributed by atoms with Crippen molar-refractivity contribution in [3.63, 3.8) is 0 Å². The molecule has 178 valence electrons. The third kappa shape index (κ3) is 4.81. The maximum Gasteiger partial charge on any atom is 0.273 e. The van der Waals surface area contributed by atoms with Crippen LogP contribution in [0.2, 0.25) is 0 Å². The molecule has 1 aliphatic rings. The van der Waals surface area contributed by atoms with E-state index in [0.29, 0.717) is 23.7 Å². The molecule has 1 aromatic carbocycles. The van der Waals surface area contributed by atoms with Gasteiger partial charge < -0.3 is 21.5 Å². The number of thiophene rings is 1. The molecule has 3 aromatic rings. The molecule has 11 heteroatoms. The van der Waals surface area contributed by atoms with Gasteiger partial charge in [-0.1, -0.05) is 24.3 Å². The fourth-order valence-electron chi connectivity index (χ4n) is 3.87. The molecule has 34 heavy (non-hydrogen) atoms. The number of nitrogens with zero attached hydrogens (tertiary/aromatic N) is 2. The Hall–Kier alpha value is -3.28. The maximum absolute atomic E-state index is 13.9. The molecule has 2 aromatic heterocycles. The monoisotopic (exact) mass is 499 g/mol. The van der Waals surface area contributed by atoms with Gasteiger partial charge in [0, 0.05) is 23.7 Å². The van der Waals surface area contributed by atoms with Gasteiger partial charge in [-0.15, -0.1) is 11.3 Å². The van der Waals surface area contributed by atoms with Crippen molar-refractivity contribution >= 4 is 52.0 Å². The van der Waals surface area contributed by atoms with Crippen LogP contribution in [-0.4, -0.2) is 41.4 Å². The first-order valence-corrected chi connectivity index (χ1v) is 12.4. The molecule has 3 amide bonds. The second-order valence-corrected chi connectivity index (χ2v) is 9.65. The van der Waals surface area contributed by atoms with Crippen LogP contribution in [0.1, 0.15) is 49.5 Å². The van der Waals surface area contributed by atoms with E-state index in [2.05, 4.69) is 9.69 Å². The van der Waals surface area contributed by atoms with Gasteiger partial charge in [0.05, 0.1) is 11.8 Å². The topological polar surface area (TPSA) is 141 Å². The Labute approximate surface area is 204 Å². The minimum atomic E-state index is -0.964. The molecule has 0 radical (unpaired) electrons. The Balaban J connectivity index is 1.77. The van der Waals surface area contributed by atoms with Crippen molar-refractivity contribution in [1.82, 2.24) is 9.69 Å². The molecular weight excluding hydrogens is 474 g/mol. The number of benzene rings is 1. The van der Waals surface area contributed by atoms with Crippen molar-refractivity contribution in [2.45, 2.75) is 31.9 Å². The molecule has 0 spiro atoms. The van der Waals surface area contributed by atoms with Gasteiger partial charge >= 0.3 is 0 Å². The Morgan fingerprint density at radius 1 is 1.26 bits per heavy atom.